The second-order valence-corrected chi connectivity index (χ2v) is 7.12. The van der Waals surface area contributed by atoms with Gasteiger partial charge in [0, 0.05) is 18.4 Å². The van der Waals surface area contributed by atoms with Crippen LogP contribution in [-0.2, 0) is 14.3 Å². The Kier molecular flexibility index (Phi) is 4.67. The second-order valence-electron chi connectivity index (χ2n) is 7.12. The minimum atomic E-state index is -1.16. The van der Waals surface area contributed by atoms with E-state index < -0.39 is 5.60 Å². The van der Waals surface area contributed by atoms with Gasteiger partial charge >= 0.3 is 0 Å². The normalized spacial score (nSPS) is 36.2. The first-order valence-electron chi connectivity index (χ1n) is 8.65. The largest absolute Gasteiger partial charge is 0.382 e. The zero-order chi connectivity index (χ0) is 14.8. The number of carbonyl (C=O) groups is 1. The van der Waals surface area contributed by atoms with Crippen LogP contribution in [0, 0.1) is 5.41 Å². The van der Waals surface area contributed by atoms with E-state index >= 15 is 0 Å². The van der Waals surface area contributed by atoms with E-state index in [9.17, 15) is 9.90 Å². The van der Waals surface area contributed by atoms with Gasteiger partial charge in [0.15, 0.2) is 12.1 Å². The summed E-state index contributed by atoms with van der Waals surface area (Å²) in [5.74, 6) is 0.104. The lowest BCUT2D eigenvalue weighted by molar-refractivity contribution is -0.177. The summed E-state index contributed by atoms with van der Waals surface area (Å²) in [5.41, 5.74) is -1.37. The van der Waals surface area contributed by atoms with Crippen LogP contribution < -0.4 is 0 Å². The number of ether oxygens (including phenoxy) is 2. The van der Waals surface area contributed by atoms with Gasteiger partial charge in [-0.25, -0.2) is 0 Å². The second kappa shape index (κ2) is 6.35. The Balaban J connectivity index is 1.54. The van der Waals surface area contributed by atoms with Crippen LogP contribution in [0.15, 0.2) is 0 Å². The first-order valence-corrected chi connectivity index (χ1v) is 8.65. The molecule has 3 aliphatic rings. The lowest BCUT2D eigenvalue weighted by Gasteiger charge is -2.42. The minimum Gasteiger partial charge on any atom is -0.382 e. The molecule has 3 fully saturated rings. The predicted molar refractivity (Wildman–Crippen MR) is 78.9 cm³/mol. The molecule has 1 spiro atoms. The molecule has 1 aliphatic heterocycles. The van der Waals surface area contributed by atoms with Gasteiger partial charge in [0.25, 0.3) is 0 Å². The molecule has 1 heterocycles. The van der Waals surface area contributed by atoms with E-state index in [0.29, 0.717) is 19.4 Å². The van der Waals surface area contributed by atoms with E-state index in [1.807, 2.05) is 0 Å². The zero-order valence-corrected chi connectivity index (χ0v) is 12.9. The van der Waals surface area contributed by atoms with E-state index in [4.69, 9.17) is 9.47 Å². The van der Waals surface area contributed by atoms with E-state index in [1.165, 1.54) is 0 Å². The third kappa shape index (κ3) is 3.17. The molecule has 2 unspecified atom stereocenters. The SMILES string of the molecule is O=C1C(O)(CCOC2CCCCO2)CCCC12CCCC2. The topological polar surface area (TPSA) is 55.8 Å². The molecule has 120 valence electrons. The Morgan fingerprint density at radius 2 is 1.86 bits per heavy atom. The summed E-state index contributed by atoms with van der Waals surface area (Å²) in [6.45, 7) is 1.18. The number of ketones is 1. The number of carbonyl (C=O) groups excluding carboxylic acids is 1. The van der Waals surface area contributed by atoms with Crippen molar-refractivity contribution in [3.05, 3.63) is 0 Å². The summed E-state index contributed by atoms with van der Waals surface area (Å²) in [4.78, 5) is 12.8. The summed E-state index contributed by atoms with van der Waals surface area (Å²) >= 11 is 0. The molecule has 2 aliphatic carbocycles. The standard InChI is InChI=1S/C17H28O4/c18-15-16(7-2-3-8-16)9-5-10-17(15,19)11-13-21-14-6-1-4-12-20-14/h14,19H,1-13H2. The maximum Gasteiger partial charge on any atom is 0.170 e. The van der Waals surface area contributed by atoms with Crippen molar-refractivity contribution in [3.8, 4) is 0 Å². The highest BCUT2D eigenvalue weighted by atomic mass is 16.7. The molecule has 4 nitrogen and oxygen atoms in total. The van der Waals surface area contributed by atoms with Gasteiger partial charge in [0.1, 0.15) is 5.60 Å². The van der Waals surface area contributed by atoms with Crippen molar-refractivity contribution in [2.24, 2.45) is 5.41 Å². The van der Waals surface area contributed by atoms with Gasteiger partial charge < -0.3 is 14.6 Å². The molecule has 21 heavy (non-hydrogen) atoms. The van der Waals surface area contributed by atoms with E-state index in [0.717, 1.165) is 64.4 Å². The number of Topliss-reactive ketones (excluding diaryl/α,β-unsaturated/α-hetero) is 1. The van der Waals surface area contributed by atoms with Crippen LogP contribution in [0.3, 0.4) is 0 Å². The molecule has 0 aromatic rings. The monoisotopic (exact) mass is 296 g/mol. The Labute approximate surface area is 127 Å². The van der Waals surface area contributed by atoms with Crippen molar-refractivity contribution >= 4 is 5.78 Å². The third-order valence-corrected chi connectivity index (χ3v) is 5.67. The number of hydrogen-bond donors (Lipinski definition) is 1. The summed E-state index contributed by atoms with van der Waals surface area (Å²) in [5, 5.41) is 10.8. The van der Waals surface area contributed by atoms with Gasteiger partial charge in [-0.1, -0.05) is 12.8 Å². The first-order chi connectivity index (χ1) is 10.1. The van der Waals surface area contributed by atoms with Crippen molar-refractivity contribution < 1.29 is 19.4 Å². The number of aliphatic hydroxyl groups is 1. The Bertz CT molecular complexity index is 369. The molecule has 3 rings (SSSR count). The fourth-order valence-corrected chi connectivity index (χ4v) is 4.41. The van der Waals surface area contributed by atoms with Crippen molar-refractivity contribution in [2.45, 2.75) is 82.5 Å². The average Bonchev–Trinajstić information content (AvgIpc) is 2.96. The van der Waals surface area contributed by atoms with Gasteiger partial charge in [0.05, 0.1) is 6.61 Å². The lowest BCUT2D eigenvalue weighted by atomic mass is 9.64. The summed E-state index contributed by atoms with van der Waals surface area (Å²) in [6, 6.07) is 0. The number of hydrogen-bond acceptors (Lipinski definition) is 4. The first kappa shape index (κ1) is 15.4. The molecule has 1 saturated heterocycles. The van der Waals surface area contributed by atoms with Crippen LogP contribution in [0.5, 0.6) is 0 Å². The van der Waals surface area contributed by atoms with Crippen LogP contribution in [0.1, 0.15) is 70.6 Å². The Hall–Kier alpha value is -0.450. The predicted octanol–water partition coefficient (Wildman–Crippen LogP) is 2.96. The molecule has 0 aromatic carbocycles. The van der Waals surface area contributed by atoms with E-state index in [2.05, 4.69) is 0 Å². The zero-order valence-electron chi connectivity index (χ0n) is 12.9. The summed E-state index contributed by atoms with van der Waals surface area (Å²) in [6.07, 6.45) is 10.2. The molecule has 0 amide bonds. The Morgan fingerprint density at radius 3 is 2.57 bits per heavy atom. The summed E-state index contributed by atoms with van der Waals surface area (Å²) < 4.78 is 11.2. The van der Waals surface area contributed by atoms with Crippen LogP contribution in [0.25, 0.3) is 0 Å². The van der Waals surface area contributed by atoms with E-state index in [1.54, 1.807) is 0 Å². The smallest absolute Gasteiger partial charge is 0.170 e. The molecule has 0 bridgehead atoms. The highest BCUT2D eigenvalue weighted by Crippen LogP contribution is 2.50. The molecular formula is C17H28O4. The van der Waals surface area contributed by atoms with Crippen LogP contribution in [0.2, 0.25) is 0 Å². The molecule has 0 radical (unpaired) electrons. The summed E-state index contributed by atoms with van der Waals surface area (Å²) in [7, 11) is 0. The van der Waals surface area contributed by atoms with E-state index in [-0.39, 0.29) is 17.5 Å². The molecule has 4 heteroatoms. The molecule has 2 saturated carbocycles. The van der Waals surface area contributed by atoms with Crippen molar-refractivity contribution in [1.82, 2.24) is 0 Å². The molecule has 0 aromatic heterocycles. The van der Waals surface area contributed by atoms with Crippen LogP contribution in [0.4, 0.5) is 0 Å². The lowest BCUT2D eigenvalue weighted by Crippen LogP contribution is -2.51. The average molecular weight is 296 g/mol. The van der Waals surface area contributed by atoms with Crippen molar-refractivity contribution in [3.63, 3.8) is 0 Å². The quantitative estimate of drug-likeness (QED) is 0.866. The minimum absolute atomic E-state index is 0.104. The third-order valence-electron chi connectivity index (χ3n) is 5.67. The van der Waals surface area contributed by atoms with Gasteiger partial charge in [-0.3, -0.25) is 4.79 Å². The highest BCUT2D eigenvalue weighted by molar-refractivity contribution is 5.93. The fourth-order valence-electron chi connectivity index (χ4n) is 4.41. The van der Waals surface area contributed by atoms with Gasteiger partial charge in [-0.05, 0) is 51.4 Å². The number of rotatable bonds is 4. The fraction of sp³-hybridized carbons (Fsp3) is 0.941. The maximum atomic E-state index is 12.8. The molecule has 1 N–H and O–H groups in total. The Morgan fingerprint density at radius 1 is 1.10 bits per heavy atom. The van der Waals surface area contributed by atoms with Crippen molar-refractivity contribution in [1.29, 1.82) is 0 Å². The van der Waals surface area contributed by atoms with Crippen molar-refractivity contribution in [2.75, 3.05) is 13.2 Å². The van der Waals surface area contributed by atoms with Gasteiger partial charge in [-0.15, -0.1) is 0 Å². The highest BCUT2D eigenvalue weighted by Gasteiger charge is 2.52. The van der Waals surface area contributed by atoms with Crippen LogP contribution >= 0.6 is 0 Å². The van der Waals surface area contributed by atoms with Crippen LogP contribution in [-0.4, -0.2) is 36.0 Å². The molecule has 2 atom stereocenters. The molecular weight excluding hydrogens is 268 g/mol. The maximum absolute atomic E-state index is 12.8. The van der Waals surface area contributed by atoms with Gasteiger partial charge in [0.2, 0.25) is 0 Å². The van der Waals surface area contributed by atoms with Gasteiger partial charge in [-0.2, -0.15) is 0 Å².